The molecule has 0 radical (unpaired) electrons. The monoisotopic (exact) mass is 290 g/mol. The lowest BCUT2D eigenvalue weighted by Crippen LogP contribution is -2.32. The number of nitrogens with zero attached hydrogens (tertiary/aromatic N) is 2. The molecule has 0 bridgehead atoms. The Kier molecular flexibility index (Phi) is 3.88. The molecule has 0 N–H and O–H groups in total. The van der Waals surface area contributed by atoms with Crippen molar-refractivity contribution in [3.8, 4) is 0 Å². The van der Waals surface area contributed by atoms with E-state index in [0.717, 1.165) is 22.6 Å². The minimum Gasteiger partial charge on any atom is -0.307 e. The first-order chi connectivity index (χ1) is 10.7. The second-order valence-electron chi connectivity index (χ2n) is 5.23. The second-order valence-corrected chi connectivity index (χ2v) is 5.23. The van der Waals surface area contributed by atoms with Crippen LogP contribution in [0.1, 0.15) is 19.4 Å². The third-order valence-corrected chi connectivity index (χ3v) is 3.73. The van der Waals surface area contributed by atoms with E-state index in [0.29, 0.717) is 12.1 Å². The summed E-state index contributed by atoms with van der Waals surface area (Å²) in [6.07, 6.45) is 1.87. The molecular formula is C19H18N2O. The van der Waals surface area contributed by atoms with Crippen molar-refractivity contribution in [3.63, 3.8) is 0 Å². The molecule has 110 valence electrons. The van der Waals surface area contributed by atoms with Crippen LogP contribution in [0, 0.1) is 0 Å². The van der Waals surface area contributed by atoms with Crippen LogP contribution < -0.4 is 4.90 Å². The molecule has 0 aliphatic carbocycles. The van der Waals surface area contributed by atoms with E-state index in [2.05, 4.69) is 0 Å². The average molecular weight is 290 g/mol. The van der Waals surface area contributed by atoms with Crippen LogP contribution >= 0.6 is 0 Å². The van der Waals surface area contributed by atoms with E-state index >= 15 is 0 Å². The minimum atomic E-state index is 0.0262. The topological polar surface area (TPSA) is 32.7 Å². The van der Waals surface area contributed by atoms with E-state index in [1.807, 2.05) is 74.5 Å². The third-order valence-electron chi connectivity index (χ3n) is 3.73. The number of amides is 1. The first-order valence-corrected chi connectivity index (χ1v) is 7.44. The summed E-state index contributed by atoms with van der Waals surface area (Å²) < 4.78 is 0. The maximum Gasteiger partial charge on any atom is 0.254 e. The van der Waals surface area contributed by atoms with Gasteiger partial charge in [0.15, 0.2) is 0 Å². The Hall–Kier alpha value is -2.68. The number of likely N-dealkylation sites (N-methyl/N-ethyl adjacent to an activating group) is 1. The molecule has 0 aromatic heterocycles. The van der Waals surface area contributed by atoms with Gasteiger partial charge in [0.05, 0.1) is 17.1 Å². The smallest absolute Gasteiger partial charge is 0.254 e. The first-order valence-electron chi connectivity index (χ1n) is 7.44. The normalized spacial score (nSPS) is 14.6. The standard InChI is InChI=1S/C19H18N2O/c1-3-21-18-12-8-7-11-16(18)20-17(13-14(2)19(21)22)15-9-5-4-6-10-15/h4-13H,3H2,1-2H3. The molecule has 0 atom stereocenters. The molecule has 3 rings (SSSR count). The SMILES string of the molecule is CCN1C(=O)C(C)=CC(c2ccccc2)=Nc2ccccc21. The Labute approximate surface area is 130 Å². The summed E-state index contributed by atoms with van der Waals surface area (Å²) in [5, 5.41) is 0. The Morgan fingerprint density at radius 3 is 2.41 bits per heavy atom. The van der Waals surface area contributed by atoms with Gasteiger partial charge in [0.1, 0.15) is 0 Å². The quantitative estimate of drug-likeness (QED) is 0.819. The zero-order valence-corrected chi connectivity index (χ0v) is 12.8. The van der Waals surface area contributed by atoms with Gasteiger partial charge in [-0.25, -0.2) is 4.99 Å². The highest BCUT2D eigenvalue weighted by Gasteiger charge is 2.21. The molecular weight excluding hydrogens is 272 g/mol. The van der Waals surface area contributed by atoms with Crippen LogP contribution in [0.3, 0.4) is 0 Å². The van der Waals surface area contributed by atoms with E-state index in [9.17, 15) is 4.79 Å². The lowest BCUT2D eigenvalue weighted by Gasteiger charge is -2.25. The van der Waals surface area contributed by atoms with Gasteiger partial charge < -0.3 is 4.90 Å². The number of rotatable bonds is 2. The predicted octanol–water partition coefficient (Wildman–Crippen LogP) is 4.12. The largest absolute Gasteiger partial charge is 0.307 e. The van der Waals surface area contributed by atoms with E-state index in [4.69, 9.17) is 4.99 Å². The molecule has 3 heteroatoms. The Morgan fingerprint density at radius 1 is 1.00 bits per heavy atom. The van der Waals surface area contributed by atoms with Crippen molar-refractivity contribution < 1.29 is 4.79 Å². The number of fused-ring (bicyclic) bond motifs is 1. The van der Waals surface area contributed by atoms with Crippen LogP contribution in [-0.4, -0.2) is 18.2 Å². The number of para-hydroxylation sites is 2. The second kappa shape index (κ2) is 5.98. The molecule has 1 aliphatic rings. The van der Waals surface area contributed by atoms with Gasteiger partial charge in [0.25, 0.3) is 5.91 Å². The zero-order chi connectivity index (χ0) is 15.5. The highest BCUT2D eigenvalue weighted by Crippen LogP contribution is 2.31. The Bertz CT molecular complexity index is 760. The van der Waals surface area contributed by atoms with Crippen molar-refractivity contribution in [1.29, 1.82) is 0 Å². The number of hydrogen-bond donors (Lipinski definition) is 0. The van der Waals surface area contributed by atoms with Crippen LogP contribution in [0.25, 0.3) is 0 Å². The Morgan fingerprint density at radius 2 is 1.68 bits per heavy atom. The molecule has 1 amide bonds. The number of hydrogen-bond acceptors (Lipinski definition) is 2. The predicted molar refractivity (Wildman–Crippen MR) is 90.9 cm³/mol. The van der Waals surface area contributed by atoms with Crippen molar-refractivity contribution in [1.82, 2.24) is 0 Å². The third kappa shape index (κ3) is 2.58. The number of allylic oxidation sites excluding steroid dienone is 1. The fraction of sp³-hybridized carbons (Fsp3) is 0.158. The zero-order valence-electron chi connectivity index (χ0n) is 12.8. The van der Waals surface area contributed by atoms with E-state index in [1.54, 1.807) is 4.90 Å². The number of carbonyl (C=O) groups excluding carboxylic acids is 1. The summed E-state index contributed by atoms with van der Waals surface area (Å²) in [6.45, 7) is 4.44. The lowest BCUT2D eigenvalue weighted by atomic mass is 10.0. The van der Waals surface area contributed by atoms with Gasteiger partial charge in [0, 0.05) is 17.7 Å². The molecule has 2 aromatic rings. The van der Waals surface area contributed by atoms with E-state index in [-0.39, 0.29) is 5.91 Å². The minimum absolute atomic E-state index is 0.0262. The number of carbonyl (C=O) groups is 1. The summed E-state index contributed by atoms with van der Waals surface area (Å²) in [5.41, 5.74) is 4.19. The van der Waals surface area contributed by atoms with Crippen LogP contribution in [0.4, 0.5) is 11.4 Å². The van der Waals surface area contributed by atoms with E-state index in [1.165, 1.54) is 0 Å². The maximum absolute atomic E-state index is 12.7. The summed E-state index contributed by atoms with van der Waals surface area (Å²) in [6, 6.07) is 17.7. The van der Waals surface area contributed by atoms with Crippen LogP contribution in [0.2, 0.25) is 0 Å². The fourth-order valence-corrected chi connectivity index (χ4v) is 2.61. The van der Waals surface area contributed by atoms with E-state index < -0.39 is 0 Å². The van der Waals surface area contributed by atoms with Crippen molar-refractivity contribution in [2.45, 2.75) is 13.8 Å². The number of anilines is 1. The fourth-order valence-electron chi connectivity index (χ4n) is 2.61. The molecule has 0 saturated heterocycles. The number of aliphatic imine (C=N–C) groups is 1. The molecule has 22 heavy (non-hydrogen) atoms. The highest BCUT2D eigenvalue weighted by molar-refractivity contribution is 6.18. The first kappa shape index (κ1) is 14.3. The van der Waals surface area contributed by atoms with Crippen molar-refractivity contribution in [3.05, 3.63) is 71.8 Å². The molecule has 1 aliphatic heterocycles. The van der Waals surface area contributed by atoms with Crippen LogP contribution in [-0.2, 0) is 4.79 Å². The summed E-state index contributed by atoms with van der Waals surface area (Å²) >= 11 is 0. The van der Waals surface area contributed by atoms with Gasteiger partial charge in [-0.1, -0.05) is 42.5 Å². The lowest BCUT2D eigenvalue weighted by molar-refractivity contribution is -0.115. The summed E-state index contributed by atoms with van der Waals surface area (Å²) in [5.74, 6) is 0.0262. The van der Waals surface area contributed by atoms with Crippen molar-refractivity contribution in [2.24, 2.45) is 4.99 Å². The van der Waals surface area contributed by atoms with Crippen molar-refractivity contribution >= 4 is 23.0 Å². The van der Waals surface area contributed by atoms with Gasteiger partial charge in [0.2, 0.25) is 0 Å². The molecule has 0 fully saturated rings. The van der Waals surface area contributed by atoms with Gasteiger partial charge in [-0.2, -0.15) is 0 Å². The van der Waals surface area contributed by atoms with Crippen molar-refractivity contribution in [2.75, 3.05) is 11.4 Å². The average Bonchev–Trinajstić information content (AvgIpc) is 2.56. The summed E-state index contributed by atoms with van der Waals surface area (Å²) in [7, 11) is 0. The molecule has 0 unspecified atom stereocenters. The van der Waals surface area contributed by atoms with Crippen LogP contribution in [0.5, 0.6) is 0 Å². The summed E-state index contributed by atoms with van der Waals surface area (Å²) in [4.78, 5) is 19.2. The van der Waals surface area contributed by atoms with Gasteiger partial charge >= 0.3 is 0 Å². The molecule has 3 nitrogen and oxygen atoms in total. The van der Waals surface area contributed by atoms with Gasteiger partial charge in [-0.05, 0) is 32.1 Å². The number of benzene rings is 2. The van der Waals surface area contributed by atoms with Gasteiger partial charge in [-0.3, -0.25) is 4.79 Å². The molecule has 1 heterocycles. The highest BCUT2D eigenvalue weighted by atomic mass is 16.2. The Balaban J connectivity index is 2.23. The molecule has 2 aromatic carbocycles. The molecule has 0 saturated carbocycles. The molecule has 0 spiro atoms. The van der Waals surface area contributed by atoms with Crippen LogP contribution in [0.15, 0.2) is 71.2 Å². The van der Waals surface area contributed by atoms with Gasteiger partial charge in [-0.15, -0.1) is 0 Å². The maximum atomic E-state index is 12.7.